The Bertz CT molecular complexity index is 851. The molecule has 1 aliphatic heterocycles. The average Bonchev–Trinajstić information content (AvgIpc) is 2.74. The highest BCUT2D eigenvalue weighted by atomic mass is 16.5. The van der Waals surface area contributed by atoms with Gasteiger partial charge in [0.2, 0.25) is 0 Å². The van der Waals surface area contributed by atoms with Crippen LogP contribution in [-0.4, -0.2) is 34.2 Å². The molecule has 6 heteroatoms. The van der Waals surface area contributed by atoms with Crippen LogP contribution in [0.5, 0.6) is 23.0 Å². The maximum absolute atomic E-state index is 12.9. The molecule has 2 aromatic carbocycles. The van der Waals surface area contributed by atoms with Crippen LogP contribution in [0.2, 0.25) is 0 Å². The number of hydrogen-bond donors (Lipinski definition) is 1. The molecule has 1 saturated heterocycles. The molecule has 28 heavy (non-hydrogen) atoms. The lowest BCUT2D eigenvalue weighted by molar-refractivity contribution is -0.742. The minimum atomic E-state index is -0.145. The summed E-state index contributed by atoms with van der Waals surface area (Å²) in [6.45, 7) is 1.97. The van der Waals surface area contributed by atoms with Crippen molar-refractivity contribution in [2.45, 2.75) is 25.4 Å². The quantitative estimate of drug-likeness (QED) is 0.827. The summed E-state index contributed by atoms with van der Waals surface area (Å²) < 4.78 is 21.9. The van der Waals surface area contributed by atoms with Gasteiger partial charge in [0, 0.05) is 0 Å². The maximum Gasteiger partial charge on any atom is 0.148 e. The molecule has 3 rings (SSSR count). The van der Waals surface area contributed by atoms with Crippen molar-refractivity contribution in [1.29, 1.82) is 0 Å². The third kappa shape index (κ3) is 3.78. The lowest BCUT2D eigenvalue weighted by atomic mass is 9.81. The summed E-state index contributed by atoms with van der Waals surface area (Å²) in [4.78, 5) is 12.9. The number of benzene rings is 2. The molecule has 6 nitrogen and oxygen atoms in total. The first-order valence-electron chi connectivity index (χ1n) is 9.33. The minimum absolute atomic E-state index is 0.0744. The van der Waals surface area contributed by atoms with Crippen LogP contribution in [0.1, 0.15) is 36.6 Å². The van der Waals surface area contributed by atoms with Crippen LogP contribution in [-0.2, 0) is 4.79 Å². The molecule has 0 bridgehead atoms. The monoisotopic (exact) mass is 386 g/mol. The summed E-state index contributed by atoms with van der Waals surface area (Å²) in [5.74, 6) is 3.05. The molecular formula is C22H28NO5+. The zero-order valence-corrected chi connectivity index (χ0v) is 17.0. The van der Waals surface area contributed by atoms with Crippen molar-refractivity contribution in [3.63, 3.8) is 0 Å². The molecule has 2 aromatic rings. The normalized spacial score (nSPS) is 21.9. The highest BCUT2D eigenvalue weighted by Gasteiger charge is 2.41. The van der Waals surface area contributed by atoms with Crippen LogP contribution >= 0.6 is 0 Å². The van der Waals surface area contributed by atoms with Crippen molar-refractivity contribution in [3.8, 4) is 23.0 Å². The molecule has 0 unspecified atom stereocenters. The first kappa shape index (κ1) is 20.0. The molecule has 1 fully saturated rings. The number of carbonyl (C=O) groups excluding carboxylic acids is 1. The van der Waals surface area contributed by atoms with Crippen molar-refractivity contribution in [2.75, 3.05) is 28.4 Å². The van der Waals surface area contributed by atoms with Crippen molar-refractivity contribution in [2.24, 2.45) is 5.92 Å². The third-order valence-corrected chi connectivity index (χ3v) is 5.54. The second-order valence-corrected chi connectivity index (χ2v) is 7.00. The standard InChI is InChI=1S/C22H27NO5/c1-13-19(24)12-18(16-10-14(25-2)6-8-20(16)27-4)23-22(13)17-11-15(26-3)7-9-21(17)28-5/h6-11,13,18,22-23H,12H2,1-5H3/p+1/t13-,18-,22+/m0/s1. The molecule has 3 atom stereocenters. The molecule has 0 amide bonds. The molecule has 0 spiro atoms. The highest BCUT2D eigenvalue weighted by molar-refractivity contribution is 5.83. The number of ketones is 1. The molecule has 0 aliphatic carbocycles. The van der Waals surface area contributed by atoms with E-state index in [1.165, 1.54) is 0 Å². The topological polar surface area (TPSA) is 70.6 Å². The van der Waals surface area contributed by atoms with Gasteiger partial charge >= 0.3 is 0 Å². The predicted octanol–water partition coefficient (Wildman–Crippen LogP) is 2.68. The molecule has 1 heterocycles. The molecule has 1 aliphatic rings. The molecule has 0 saturated carbocycles. The minimum Gasteiger partial charge on any atom is -0.497 e. The van der Waals surface area contributed by atoms with Crippen molar-refractivity contribution in [3.05, 3.63) is 47.5 Å². The van der Waals surface area contributed by atoms with Crippen LogP contribution in [0.3, 0.4) is 0 Å². The molecule has 2 N–H and O–H groups in total. The number of rotatable bonds is 6. The van der Waals surface area contributed by atoms with E-state index >= 15 is 0 Å². The SMILES string of the molecule is COc1ccc(OC)c([C@@H]2CC(=O)[C@H](C)[C@H](c3cc(OC)ccc3OC)[NH2+]2)c1. The molecule has 150 valence electrons. The average molecular weight is 386 g/mol. The Kier molecular flexibility index (Phi) is 6.09. The first-order chi connectivity index (χ1) is 13.5. The first-order valence-corrected chi connectivity index (χ1v) is 9.33. The van der Waals surface area contributed by atoms with Crippen LogP contribution in [0, 0.1) is 5.92 Å². The van der Waals surface area contributed by atoms with Crippen LogP contribution < -0.4 is 24.3 Å². The van der Waals surface area contributed by atoms with Gasteiger partial charge in [0.05, 0.1) is 51.9 Å². The summed E-state index contributed by atoms with van der Waals surface area (Å²) in [5.41, 5.74) is 1.91. The highest BCUT2D eigenvalue weighted by Crippen LogP contribution is 2.37. The van der Waals surface area contributed by atoms with E-state index in [9.17, 15) is 4.79 Å². The zero-order valence-electron chi connectivity index (χ0n) is 17.0. The van der Waals surface area contributed by atoms with Crippen molar-refractivity contribution >= 4 is 5.78 Å². The van der Waals surface area contributed by atoms with E-state index in [0.29, 0.717) is 6.42 Å². The van der Waals surface area contributed by atoms with Crippen LogP contribution in [0.25, 0.3) is 0 Å². The van der Waals surface area contributed by atoms with Crippen LogP contribution in [0.15, 0.2) is 36.4 Å². The summed E-state index contributed by atoms with van der Waals surface area (Å²) in [7, 11) is 6.55. The Morgan fingerprint density at radius 3 is 1.89 bits per heavy atom. The van der Waals surface area contributed by atoms with Gasteiger partial charge in [0.25, 0.3) is 0 Å². The van der Waals surface area contributed by atoms with Gasteiger partial charge in [-0.2, -0.15) is 0 Å². The van der Waals surface area contributed by atoms with Gasteiger partial charge in [0.1, 0.15) is 40.9 Å². The van der Waals surface area contributed by atoms with E-state index in [0.717, 1.165) is 34.1 Å². The summed E-state index contributed by atoms with van der Waals surface area (Å²) >= 11 is 0. The lowest BCUT2D eigenvalue weighted by Crippen LogP contribution is -2.90. The Morgan fingerprint density at radius 1 is 0.821 bits per heavy atom. The second kappa shape index (κ2) is 8.52. The number of Topliss-reactive ketones (excluding diaryl/α,β-unsaturated/α-hetero) is 1. The summed E-state index contributed by atoms with van der Waals surface area (Å²) in [6.07, 6.45) is 0.438. The Labute approximate surface area is 165 Å². The zero-order chi connectivity index (χ0) is 20.3. The largest absolute Gasteiger partial charge is 0.497 e. The predicted molar refractivity (Wildman–Crippen MR) is 105 cm³/mol. The van der Waals surface area contributed by atoms with E-state index in [-0.39, 0.29) is 23.8 Å². The van der Waals surface area contributed by atoms with Gasteiger partial charge in [-0.25, -0.2) is 0 Å². The van der Waals surface area contributed by atoms with Crippen molar-refractivity contribution < 1.29 is 29.1 Å². The number of piperidine rings is 1. The summed E-state index contributed by atoms with van der Waals surface area (Å²) in [5, 5.41) is 2.22. The smallest absolute Gasteiger partial charge is 0.148 e. The van der Waals surface area contributed by atoms with Crippen LogP contribution in [0.4, 0.5) is 0 Å². The third-order valence-electron chi connectivity index (χ3n) is 5.54. The number of methoxy groups -OCH3 is 4. The Balaban J connectivity index is 2.03. The van der Waals surface area contributed by atoms with E-state index in [1.54, 1.807) is 28.4 Å². The van der Waals surface area contributed by atoms with Gasteiger partial charge in [-0.3, -0.25) is 4.79 Å². The number of hydrogen-bond acceptors (Lipinski definition) is 5. The van der Waals surface area contributed by atoms with Crippen molar-refractivity contribution in [1.82, 2.24) is 0 Å². The Morgan fingerprint density at radius 2 is 1.36 bits per heavy atom. The fourth-order valence-electron chi connectivity index (χ4n) is 3.90. The van der Waals surface area contributed by atoms with E-state index in [1.807, 2.05) is 43.3 Å². The fraction of sp³-hybridized carbons (Fsp3) is 0.409. The second-order valence-electron chi connectivity index (χ2n) is 7.00. The number of nitrogens with two attached hydrogens (primary N) is 1. The van der Waals surface area contributed by atoms with Gasteiger partial charge in [-0.15, -0.1) is 0 Å². The Hall–Kier alpha value is -2.73. The summed E-state index contributed by atoms with van der Waals surface area (Å²) in [6, 6.07) is 11.2. The number of carbonyl (C=O) groups is 1. The number of quaternary nitrogens is 1. The van der Waals surface area contributed by atoms with E-state index in [4.69, 9.17) is 18.9 Å². The van der Waals surface area contributed by atoms with E-state index < -0.39 is 0 Å². The van der Waals surface area contributed by atoms with Gasteiger partial charge in [-0.05, 0) is 43.3 Å². The van der Waals surface area contributed by atoms with Gasteiger partial charge < -0.3 is 24.3 Å². The number of ether oxygens (including phenoxy) is 4. The van der Waals surface area contributed by atoms with E-state index in [2.05, 4.69) is 5.32 Å². The van der Waals surface area contributed by atoms with Gasteiger partial charge in [0.15, 0.2) is 0 Å². The molecule has 0 aromatic heterocycles. The fourth-order valence-corrected chi connectivity index (χ4v) is 3.90. The van der Waals surface area contributed by atoms with Gasteiger partial charge in [-0.1, -0.05) is 0 Å². The lowest BCUT2D eigenvalue weighted by Gasteiger charge is -2.33. The molecular weight excluding hydrogens is 358 g/mol. The molecule has 0 radical (unpaired) electrons. The maximum atomic E-state index is 12.9.